The van der Waals surface area contributed by atoms with Crippen molar-refractivity contribution < 1.29 is 14.1 Å². The van der Waals surface area contributed by atoms with E-state index in [0.717, 1.165) is 23.3 Å². The number of hydrogen-bond acceptors (Lipinski definition) is 5. The van der Waals surface area contributed by atoms with Gasteiger partial charge in [0.2, 0.25) is 0 Å². The van der Waals surface area contributed by atoms with Gasteiger partial charge in [-0.15, -0.1) is 0 Å². The molecule has 1 amide bonds. The molecule has 6 heteroatoms. The van der Waals surface area contributed by atoms with E-state index in [2.05, 4.69) is 10.5 Å². The maximum atomic E-state index is 12.2. The van der Waals surface area contributed by atoms with E-state index in [4.69, 9.17) is 14.5 Å². The fraction of sp³-hybridized carbons (Fsp3) is 0.190. The highest BCUT2D eigenvalue weighted by Gasteiger charge is 2.24. The molecule has 1 aliphatic heterocycles. The van der Waals surface area contributed by atoms with Gasteiger partial charge in [-0.05, 0) is 24.6 Å². The van der Waals surface area contributed by atoms with Gasteiger partial charge in [-0.25, -0.2) is 0 Å². The van der Waals surface area contributed by atoms with Gasteiger partial charge < -0.3 is 14.6 Å². The van der Waals surface area contributed by atoms with Crippen molar-refractivity contribution in [2.24, 2.45) is 0 Å². The van der Waals surface area contributed by atoms with Crippen LogP contribution in [0.1, 0.15) is 28.9 Å². The van der Waals surface area contributed by atoms with Crippen molar-refractivity contribution in [2.45, 2.75) is 19.1 Å². The van der Waals surface area contributed by atoms with Crippen LogP contribution in [0.3, 0.4) is 0 Å². The van der Waals surface area contributed by atoms with Crippen molar-refractivity contribution >= 4 is 5.91 Å². The number of nitrogens with zero attached hydrogens (tertiary/aromatic N) is 2. The lowest BCUT2D eigenvalue weighted by Gasteiger charge is -2.07. The Morgan fingerprint density at radius 3 is 2.70 bits per heavy atom. The Kier molecular flexibility index (Phi) is 4.45. The monoisotopic (exact) mass is 359 g/mol. The van der Waals surface area contributed by atoms with Crippen LogP contribution in [0, 0.1) is 11.3 Å². The van der Waals surface area contributed by atoms with E-state index in [1.54, 1.807) is 25.1 Å². The maximum absolute atomic E-state index is 12.2. The van der Waals surface area contributed by atoms with Crippen LogP contribution in [-0.2, 0) is 4.74 Å². The number of ether oxygens (including phenoxy) is 1. The minimum atomic E-state index is -0.552. The van der Waals surface area contributed by atoms with Gasteiger partial charge >= 0.3 is 0 Å². The molecule has 0 spiro atoms. The smallest absolute Gasteiger partial charge is 0.252 e. The predicted octanol–water partition coefficient (Wildman–Crippen LogP) is 3.72. The summed E-state index contributed by atoms with van der Waals surface area (Å²) in [6.07, 6.45) is 0.224. The molecule has 1 saturated heterocycles. The number of epoxide rings is 1. The summed E-state index contributed by atoms with van der Waals surface area (Å²) in [4.78, 5) is 12.2. The first-order valence-electron chi connectivity index (χ1n) is 8.63. The number of carbonyl (C=O) groups excluding carboxylic acids is 1. The first-order chi connectivity index (χ1) is 13.1. The van der Waals surface area contributed by atoms with E-state index in [-0.39, 0.29) is 12.0 Å². The molecule has 2 aromatic carbocycles. The van der Waals surface area contributed by atoms with Gasteiger partial charge in [0.1, 0.15) is 17.8 Å². The summed E-state index contributed by atoms with van der Waals surface area (Å²) in [6, 6.07) is 18.4. The first-order valence-corrected chi connectivity index (χ1v) is 8.63. The molecule has 4 rings (SSSR count). The van der Waals surface area contributed by atoms with Gasteiger partial charge in [0.25, 0.3) is 5.91 Å². The number of aromatic nitrogens is 1. The van der Waals surface area contributed by atoms with Gasteiger partial charge in [0.05, 0.1) is 12.7 Å². The van der Waals surface area contributed by atoms with Crippen LogP contribution in [0.25, 0.3) is 22.6 Å². The largest absolute Gasteiger partial charge is 0.368 e. The fourth-order valence-corrected chi connectivity index (χ4v) is 2.78. The molecule has 1 N–H and O–H groups in total. The Morgan fingerprint density at radius 1 is 1.22 bits per heavy atom. The third-order valence-corrected chi connectivity index (χ3v) is 4.37. The third-order valence-electron chi connectivity index (χ3n) is 4.37. The van der Waals surface area contributed by atoms with Crippen LogP contribution < -0.4 is 5.32 Å². The number of amides is 1. The van der Waals surface area contributed by atoms with E-state index >= 15 is 0 Å². The Bertz CT molecular complexity index is 1010. The van der Waals surface area contributed by atoms with Crippen molar-refractivity contribution in [3.8, 4) is 28.7 Å². The van der Waals surface area contributed by atoms with E-state index in [1.165, 1.54) is 0 Å². The van der Waals surface area contributed by atoms with Crippen LogP contribution in [0.2, 0.25) is 0 Å². The van der Waals surface area contributed by atoms with E-state index < -0.39 is 6.04 Å². The molecule has 27 heavy (non-hydrogen) atoms. The number of nitrogens with one attached hydrogen (secondary N) is 1. The van der Waals surface area contributed by atoms with E-state index in [0.29, 0.717) is 17.0 Å². The lowest BCUT2D eigenvalue weighted by atomic mass is 10.0. The fourth-order valence-electron chi connectivity index (χ4n) is 2.78. The van der Waals surface area contributed by atoms with E-state index in [9.17, 15) is 4.79 Å². The van der Waals surface area contributed by atoms with Crippen molar-refractivity contribution in [1.82, 2.24) is 10.5 Å². The van der Waals surface area contributed by atoms with Crippen LogP contribution in [0.5, 0.6) is 0 Å². The predicted molar refractivity (Wildman–Crippen MR) is 98.6 cm³/mol. The maximum Gasteiger partial charge on any atom is 0.252 e. The van der Waals surface area contributed by atoms with Crippen molar-refractivity contribution in [1.29, 1.82) is 5.26 Å². The minimum absolute atomic E-state index is 0.224. The van der Waals surface area contributed by atoms with Crippen LogP contribution in [-0.4, -0.2) is 23.7 Å². The van der Waals surface area contributed by atoms with E-state index in [1.807, 2.05) is 42.5 Å². The average molecular weight is 359 g/mol. The molecule has 6 nitrogen and oxygen atoms in total. The summed E-state index contributed by atoms with van der Waals surface area (Å²) in [5.74, 6) is 0.355. The highest BCUT2D eigenvalue weighted by molar-refractivity contribution is 5.95. The van der Waals surface area contributed by atoms with Gasteiger partial charge in [0, 0.05) is 22.8 Å². The number of hydrogen-bond donors (Lipinski definition) is 1. The first kappa shape index (κ1) is 17.0. The second-order valence-electron chi connectivity index (χ2n) is 6.43. The zero-order chi connectivity index (χ0) is 18.8. The molecule has 2 heterocycles. The quantitative estimate of drug-likeness (QED) is 0.701. The molecule has 1 unspecified atom stereocenters. The topological polar surface area (TPSA) is 91.5 Å². The number of nitriles is 1. The second-order valence-corrected chi connectivity index (χ2v) is 6.43. The summed E-state index contributed by atoms with van der Waals surface area (Å²) in [7, 11) is 0. The zero-order valence-electron chi connectivity index (χ0n) is 14.7. The molecule has 134 valence electrons. The number of rotatable bonds is 5. The lowest BCUT2D eigenvalue weighted by Crippen LogP contribution is -2.31. The molecule has 2 atom stereocenters. The van der Waals surface area contributed by atoms with Crippen LogP contribution >= 0.6 is 0 Å². The van der Waals surface area contributed by atoms with Crippen molar-refractivity contribution in [3.63, 3.8) is 0 Å². The summed E-state index contributed by atoms with van der Waals surface area (Å²) in [5, 5.41) is 15.6. The Balaban J connectivity index is 1.55. The lowest BCUT2D eigenvalue weighted by molar-refractivity contribution is 0.0948. The Morgan fingerprint density at radius 2 is 2.00 bits per heavy atom. The number of benzene rings is 2. The van der Waals surface area contributed by atoms with Crippen LogP contribution in [0.15, 0.2) is 59.1 Å². The second kappa shape index (κ2) is 7.06. The minimum Gasteiger partial charge on any atom is -0.368 e. The molecular weight excluding hydrogens is 342 g/mol. The molecule has 0 aliphatic carbocycles. The normalized spacial score (nSPS) is 16.4. The zero-order valence-corrected chi connectivity index (χ0v) is 14.7. The Labute approximate surface area is 156 Å². The summed E-state index contributed by atoms with van der Waals surface area (Å²) < 4.78 is 10.8. The summed E-state index contributed by atoms with van der Waals surface area (Å²) in [6.45, 7) is 2.41. The number of carbonyl (C=O) groups is 1. The van der Waals surface area contributed by atoms with Gasteiger partial charge in [-0.2, -0.15) is 5.26 Å². The molecule has 1 fully saturated rings. The van der Waals surface area contributed by atoms with Crippen molar-refractivity contribution in [3.05, 3.63) is 65.7 Å². The highest BCUT2D eigenvalue weighted by atomic mass is 16.6. The third kappa shape index (κ3) is 3.73. The Hall–Kier alpha value is -3.43. The highest BCUT2D eigenvalue weighted by Crippen LogP contribution is 2.32. The van der Waals surface area contributed by atoms with Crippen LogP contribution in [0.4, 0.5) is 0 Å². The SMILES string of the molecule is C[C@H](C#N)NC(=O)c1cccc(-c2cc(-c3ccc(C4CO4)cc3)on2)c1. The molecule has 3 aromatic rings. The molecule has 0 saturated carbocycles. The summed E-state index contributed by atoms with van der Waals surface area (Å²) in [5.41, 5.74) is 3.96. The van der Waals surface area contributed by atoms with Crippen molar-refractivity contribution in [2.75, 3.05) is 6.61 Å². The molecule has 0 radical (unpaired) electrons. The molecule has 1 aliphatic rings. The van der Waals surface area contributed by atoms with Gasteiger partial charge in [0.15, 0.2) is 5.76 Å². The standard InChI is InChI=1S/C21H17N3O3/c1-13(11-22)23-21(25)17-4-2-3-16(9-17)18-10-19(27-24-18)14-5-7-15(8-6-14)20-12-26-20/h2-10,13,20H,12H2,1H3,(H,23,25)/t13-,20?/m1/s1. The average Bonchev–Trinajstić information content (AvgIpc) is 3.44. The molecule has 0 bridgehead atoms. The molecular formula is C21H17N3O3. The molecule has 1 aromatic heterocycles. The van der Waals surface area contributed by atoms with Gasteiger partial charge in [-0.1, -0.05) is 41.6 Å². The van der Waals surface area contributed by atoms with Gasteiger partial charge in [-0.3, -0.25) is 4.79 Å². The summed E-state index contributed by atoms with van der Waals surface area (Å²) >= 11 is 0.